The fraction of sp³-hybridized carbons (Fsp3) is 0.269. The lowest BCUT2D eigenvalue weighted by molar-refractivity contribution is -0.123. The summed E-state index contributed by atoms with van der Waals surface area (Å²) in [5.41, 5.74) is 1.59. The molecule has 0 radical (unpaired) electrons. The average Bonchev–Trinajstić information content (AvgIpc) is 2.84. The molecule has 1 heterocycles. The normalized spacial score (nSPS) is 15.0. The Morgan fingerprint density at radius 2 is 1.59 bits per heavy atom. The molecule has 1 aromatic heterocycles. The highest BCUT2D eigenvalue weighted by molar-refractivity contribution is 6.30. The van der Waals surface area contributed by atoms with E-state index in [0.717, 1.165) is 31.2 Å². The first kappa shape index (κ1) is 22.0. The van der Waals surface area contributed by atoms with Crippen molar-refractivity contribution in [3.8, 4) is 0 Å². The van der Waals surface area contributed by atoms with Gasteiger partial charge in [0.1, 0.15) is 11.7 Å². The van der Waals surface area contributed by atoms with Gasteiger partial charge in [-0.3, -0.25) is 19.5 Å². The Labute approximate surface area is 193 Å². The smallest absolute Gasteiger partial charge is 0.277 e. The van der Waals surface area contributed by atoms with Crippen molar-refractivity contribution in [1.29, 1.82) is 0 Å². The number of amides is 2. The quantitative estimate of drug-likeness (QED) is 0.537. The van der Waals surface area contributed by atoms with E-state index in [1.54, 1.807) is 48.7 Å². The van der Waals surface area contributed by atoms with Crippen LogP contribution in [0.15, 0.2) is 79.0 Å². The summed E-state index contributed by atoms with van der Waals surface area (Å²) in [5, 5.41) is 3.76. The highest BCUT2D eigenvalue weighted by atomic mass is 35.5. The maximum atomic E-state index is 13.7. The van der Waals surface area contributed by atoms with Crippen LogP contribution >= 0.6 is 11.6 Å². The fourth-order valence-corrected chi connectivity index (χ4v) is 4.30. The zero-order valence-electron chi connectivity index (χ0n) is 17.8. The topological polar surface area (TPSA) is 62.3 Å². The van der Waals surface area contributed by atoms with Gasteiger partial charge in [-0.15, -0.1) is 0 Å². The van der Waals surface area contributed by atoms with E-state index < -0.39 is 6.04 Å². The molecule has 1 saturated carbocycles. The van der Waals surface area contributed by atoms with Gasteiger partial charge in [-0.25, -0.2) is 0 Å². The molecule has 1 atom stereocenters. The number of halogens is 1. The van der Waals surface area contributed by atoms with E-state index in [0.29, 0.717) is 10.7 Å². The van der Waals surface area contributed by atoms with Crippen molar-refractivity contribution in [3.05, 3.63) is 95.3 Å². The molecule has 5 nitrogen and oxygen atoms in total. The molecule has 4 rings (SSSR count). The van der Waals surface area contributed by atoms with Crippen LogP contribution in [0.5, 0.6) is 0 Å². The number of rotatable bonds is 6. The van der Waals surface area contributed by atoms with Crippen LogP contribution in [0.25, 0.3) is 0 Å². The zero-order chi connectivity index (χ0) is 22.3. The summed E-state index contributed by atoms with van der Waals surface area (Å²) in [4.78, 5) is 33.1. The molecule has 1 N–H and O–H groups in total. The Balaban J connectivity index is 1.77. The van der Waals surface area contributed by atoms with Crippen molar-refractivity contribution < 1.29 is 9.59 Å². The van der Waals surface area contributed by atoms with Crippen LogP contribution in [0.1, 0.15) is 54.2 Å². The molecule has 0 aliphatic heterocycles. The minimum atomic E-state index is -0.839. The molecule has 0 spiro atoms. The Morgan fingerprint density at radius 1 is 0.906 bits per heavy atom. The van der Waals surface area contributed by atoms with Gasteiger partial charge in [-0.05, 0) is 54.8 Å². The fourth-order valence-electron chi connectivity index (χ4n) is 4.18. The Kier molecular flexibility index (Phi) is 7.17. The third-order valence-electron chi connectivity index (χ3n) is 5.78. The summed E-state index contributed by atoms with van der Waals surface area (Å²) in [6.45, 7) is 0. The SMILES string of the molecule is O=C(NC1CCCCC1)C(c1ccccc1)N(C(=O)c1ccccn1)c1ccc(Cl)cc1. The molecule has 1 aliphatic carbocycles. The van der Waals surface area contributed by atoms with Crippen LogP contribution in [0.2, 0.25) is 5.02 Å². The Bertz CT molecular complexity index is 1040. The number of aromatic nitrogens is 1. The third-order valence-corrected chi connectivity index (χ3v) is 6.03. The van der Waals surface area contributed by atoms with Crippen LogP contribution in [-0.2, 0) is 4.79 Å². The maximum Gasteiger partial charge on any atom is 0.277 e. The second-order valence-electron chi connectivity index (χ2n) is 8.02. The minimum absolute atomic E-state index is 0.125. The van der Waals surface area contributed by atoms with Gasteiger partial charge >= 0.3 is 0 Å². The van der Waals surface area contributed by atoms with E-state index >= 15 is 0 Å². The average molecular weight is 448 g/mol. The van der Waals surface area contributed by atoms with E-state index in [9.17, 15) is 9.59 Å². The molecule has 1 aliphatic rings. The molecular weight excluding hydrogens is 422 g/mol. The number of nitrogens with one attached hydrogen (secondary N) is 1. The van der Waals surface area contributed by atoms with Crippen molar-refractivity contribution >= 4 is 29.1 Å². The third kappa shape index (κ3) is 5.17. The molecule has 32 heavy (non-hydrogen) atoms. The molecule has 2 aromatic carbocycles. The van der Waals surface area contributed by atoms with Gasteiger partial charge in [0.25, 0.3) is 5.91 Å². The number of nitrogens with zero attached hydrogens (tertiary/aromatic N) is 2. The van der Waals surface area contributed by atoms with Crippen molar-refractivity contribution in [3.63, 3.8) is 0 Å². The van der Waals surface area contributed by atoms with Gasteiger partial charge < -0.3 is 5.32 Å². The summed E-state index contributed by atoms with van der Waals surface area (Å²) in [6.07, 6.45) is 6.91. The Hall–Kier alpha value is -3.18. The predicted molar refractivity (Wildman–Crippen MR) is 127 cm³/mol. The number of benzene rings is 2. The van der Waals surface area contributed by atoms with Crippen LogP contribution in [0.4, 0.5) is 5.69 Å². The number of carbonyl (C=O) groups is 2. The van der Waals surface area contributed by atoms with Crippen molar-refractivity contribution in [1.82, 2.24) is 10.3 Å². The number of anilines is 1. The molecular formula is C26H26ClN3O2. The second-order valence-corrected chi connectivity index (χ2v) is 8.46. The molecule has 2 amide bonds. The Morgan fingerprint density at radius 3 is 2.25 bits per heavy atom. The summed E-state index contributed by atoms with van der Waals surface area (Å²) in [6, 6.07) is 20.8. The molecule has 0 saturated heterocycles. The van der Waals surface area contributed by atoms with Gasteiger partial charge in [0, 0.05) is 22.9 Å². The first-order chi connectivity index (χ1) is 15.6. The van der Waals surface area contributed by atoms with E-state index in [1.807, 2.05) is 30.3 Å². The molecule has 1 fully saturated rings. The summed E-state index contributed by atoms with van der Waals surface area (Å²) in [7, 11) is 0. The first-order valence-electron chi connectivity index (χ1n) is 11.0. The van der Waals surface area contributed by atoms with Gasteiger partial charge in [0.2, 0.25) is 5.91 Å². The predicted octanol–water partition coefficient (Wildman–Crippen LogP) is 5.57. The van der Waals surface area contributed by atoms with Crippen LogP contribution in [0, 0.1) is 0 Å². The molecule has 6 heteroatoms. The van der Waals surface area contributed by atoms with Crippen LogP contribution < -0.4 is 10.2 Å². The lowest BCUT2D eigenvalue weighted by atomic mass is 9.94. The zero-order valence-corrected chi connectivity index (χ0v) is 18.5. The first-order valence-corrected chi connectivity index (χ1v) is 11.4. The monoisotopic (exact) mass is 447 g/mol. The number of hydrogen-bond donors (Lipinski definition) is 1. The van der Waals surface area contributed by atoms with Crippen LogP contribution in [0.3, 0.4) is 0 Å². The number of hydrogen-bond acceptors (Lipinski definition) is 3. The highest BCUT2D eigenvalue weighted by Crippen LogP contribution is 2.31. The van der Waals surface area contributed by atoms with Crippen molar-refractivity contribution in [2.45, 2.75) is 44.2 Å². The maximum absolute atomic E-state index is 13.7. The van der Waals surface area contributed by atoms with E-state index in [-0.39, 0.29) is 23.6 Å². The number of pyridine rings is 1. The minimum Gasteiger partial charge on any atom is -0.351 e. The van der Waals surface area contributed by atoms with Crippen molar-refractivity contribution in [2.75, 3.05) is 4.90 Å². The molecule has 0 bridgehead atoms. The lowest BCUT2D eigenvalue weighted by Crippen LogP contribution is -2.47. The second kappa shape index (κ2) is 10.4. The van der Waals surface area contributed by atoms with E-state index in [4.69, 9.17) is 11.6 Å². The summed E-state index contributed by atoms with van der Waals surface area (Å²) in [5.74, 6) is -0.539. The molecule has 3 aromatic rings. The highest BCUT2D eigenvalue weighted by Gasteiger charge is 2.35. The van der Waals surface area contributed by atoms with Crippen molar-refractivity contribution in [2.24, 2.45) is 0 Å². The van der Waals surface area contributed by atoms with Crippen LogP contribution in [-0.4, -0.2) is 22.8 Å². The lowest BCUT2D eigenvalue weighted by Gasteiger charge is -2.33. The van der Waals surface area contributed by atoms with E-state index in [2.05, 4.69) is 10.3 Å². The molecule has 164 valence electrons. The standard InChI is InChI=1S/C26H26ClN3O2/c27-20-14-16-22(17-15-20)30(26(32)23-13-7-8-18-28-23)24(19-9-3-1-4-10-19)25(31)29-21-11-5-2-6-12-21/h1,3-4,7-10,13-18,21,24H,2,5-6,11-12H2,(H,29,31). The largest absolute Gasteiger partial charge is 0.351 e. The summed E-state index contributed by atoms with van der Waals surface area (Å²) >= 11 is 6.11. The van der Waals surface area contributed by atoms with Gasteiger partial charge in [0.15, 0.2) is 0 Å². The molecule has 1 unspecified atom stereocenters. The number of carbonyl (C=O) groups excluding carboxylic acids is 2. The summed E-state index contributed by atoms with van der Waals surface area (Å²) < 4.78 is 0. The van der Waals surface area contributed by atoms with E-state index in [1.165, 1.54) is 11.3 Å². The van der Waals surface area contributed by atoms with Gasteiger partial charge in [0.05, 0.1) is 0 Å². The van der Waals surface area contributed by atoms with Gasteiger partial charge in [-0.1, -0.05) is 67.3 Å². The van der Waals surface area contributed by atoms with Gasteiger partial charge in [-0.2, -0.15) is 0 Å².